The number of aryl methyl sites for hydroxylation is 1. The first-order valence-corrected chi connectivity index (χ1v) is 27.6. The molecule has 1 atom stereocenters. The molecule has 7 heteroatoms. The van der Waals surface area contributed by atoms with Crippen LogP contribution in [0.4, 0.5) is 45.5 Å². The Morgan fingerprint density at radius 2 is 1.26 bits per heavy atom. The van der Waals surface area contributed by atoms with E-state index in [0.29, 0.717) is 0 Å². The van der Waals surface area contributed by atoms with Gasteiger partial charge >= 0.3 is 0 Å². The summed E-state index contributed by atoms with van der Waals surface area (Å²) < 4.78 is 6.37. The van der Waals surface area contributed by atoms with E-state index >= 15 is 0 Å². The molecule has 74 heavy (non-hydrogen) atoms. The van der Waals surface area contributed by atoms with Crippen molar-refractivity contribution < 1.29 is 0 Å². The zero-order valence-electron chi connectivity index (χ0n) is 41.1. The van der Waals surface area contributed by atoms with Crippen LogP contribution >= 0.6 is 22.7 Å². The Bertz CT molecular complexity index is 4320. The summed E-state index contributed by atoms with van der Waals surface area (Å²) in [4.78, 5) is 9.36. The highest BCUT2D eigenvalue weighted by Crippen LogP contribution is 2.53. The molecule has 9 aromatic carbocycles. The van der Waals surface area contributed by atoms with E-state index < -0.39 is 0 Å². The van der Waals surface area contributed by atoms with Crippen LogP contribution in [-0.2, 0) is 6.42 Å². The molecular weight excluding hydrogens is 936 g/mol. The highest BCUT2D eigenvalue weighted by Gasteiger charge is 2.46. The largest absolute Gasteiger partial charge is 0.334 e. The van der Waals surface area contributed by atoms with Crippen LogP contribution in [0.15, 0.2) is 225 Å². The van der Waals surface area contributed by atoms with E-state index in [1.54, 1.807) is 0 Å². The van der Waals surface area contributed by atoms with E-state index in [9.17, 15) is 0 Å². The minimum Gasteiger partial charge on any atom is -0.334 e. The smallest absolute Gasteiger partial charge is 0.252 e. The van der Waals surface area contributed by atoms with Gasteiger partial charge in [-0.2, -0.15) is 0 Å². The van der Waals surface area contributed by atoms with Gasteiger partial charge in [-0.15, -0.1) is 22.7 Å². The zero-order chi connectivity index (χ0) is 49.0. The number of thiophene rings is 2. The van der Waals surface area contributed by atoms with Gasteiger partial charge in [0.25, 0.3) is 6.71 Å². The second kappa shape index (κ2) is 17.1. The van der Waals surface area contributed by atoms with Crippen LogP contribution in [0.2, 0.25) is 0 Å². The maximum Gasteiger partial charge on any atom is 0.252 e. The van der Waals surface area contributed by atoms with Gasteiger partial charge < -0.3 is 19.3 Å². The normalized spacial score (nSPS) is 14.8. The molecule has 0 spiro atoms. The minimum absolute atomic E-state index is 0.0493. The van der Waals surface area contributed by atoms with E-state index in [2.05, 4.69) is 264 Å². The second-order valence-electron chi connectivity index (χ2n) is 19.7. The van der Waals surface area contributed by atoms with Crippen LogP contribution in [0.3, 0.4) is 0 Å². The van der Waals surface area contributed by atoms with Gasteiger partial charge in [0.05, 0.1) is 34.1 Å². The summed E-state index contributed by atoms with van der Waals surface area (Å²) >= 11 is 3.86. The number of para-hydroxylation sites is 4. The average Bonchev–Trinajstić information content (AvgIpc) is 4.18. The van der Waals surface area contributed by atoms with E-state index in [-0.39, 0.29) is 12.8 Å². The van der Waals surface area contributed by atoms with Crippen LogP contribution in [-0.4, -0.2) is 17.3 Å². The molecule has 5 heterocycles. The van der Waals surface area contributed by atoms with Crippen molar-refractivity contribution in [1.82, 2.24) is 4.57 Å². The molecule has 0 fully saturated rings. The third kappa shape index (κ3) is 6.33. The summed E-state index contributed by atoms with van der Waals surface area (Å²) in [5, 5.41) is 6.39. The van der Waals surface area contributed by atoms with Crippen LogP contribution < -0.4 is 31.1 Å². The average molecular weight is 985 g/mol. The van der Waals surface area contributed by atoms with Crippen molar-refractivity contribution in [3.8, 4) is 5.69 Å². The SMILES string of the molecule is C/C=C\c1c(CC)sc2ccc3c(c12)N(C1C=CC=CC1)c1cc(N(c2ccccc2)c2cccc4c2c2ccccc2n4-c2ccccc2)cc2c1B3c1ccc3sc4ccccc4c3c1N2c1ccccc1. The summed E-state index contributed by atoms with van der Waals surface area (Å²) in [6.07, 6.45) is 15.7. The molecule has 0 bridgehead atoms. The van der Waals surface area contributed by atoms with Crippen molar-refractivity contribution in [2.75, 3.05) is 14.7 Å². The molecule has 15 rings (SSSR count). The Morgan fingerprint density at radius 1 is 0.581 bits per heavy atom. The first kappa shape index (κ1) is 43.2. The van der Waals surface area contributed by atoms with Gasteiger partial charge in [0.2, 0.25) is 0 Å². The van der Waals surface area contributed by atoms with Gasteiger partial charge in [0, 0.05) is 80.0 Å². The predicted octanol–water partition coefficient (Wildman–Crippen LogP) is 17.1. The van der Waals surface area contributed by atoms with Crippen LogP contribution in [0, 0.1) is 0 Å². The lowest BCUT2D eigenvalue weighted by molar-refractivity contribution is 0.789. The minimum atomic E-state index is -0.0493. The molecule has 1 aliphatic carbocycles. The first-order chi connectivity index (χ1) is 36.7. The molecule has 0 amide bonds. The fraction of sp³-hybridized carbons (Fsp3) is 0.0746. The number of fused-ring (bicyclic) bond motifs is 13. The van der Waals surface area contributed by atoms with E-state index in [0.717, 1.165) is 41.3 Å². The Hall–Kier alpha value is -8.36. The lowest BCUT2D eigenvalue weighted by atomic mass is 9.33. The molecule has 0 saturated heterocycles. The van der Waals surface area contributed by atoms with Gasteiger partial charge in [-0.05, 0) is 127 Å². The van der Waals surface area contributed by atoms with Gasteiger partial charge in [-0.3, -0.25) is 0 Å². The first-order valence-electron chi connectivity index (χ1n) is 25.9. The van der Waals surface area contributed by atoms with Crippen molar-refractivity contribution in [3.05, 3.63) is 235 Å². The fourth-order valence-electron chi connectivity index (χ4n) is 12.8. The number of hydrogen-bond acceptors (Lipinski definition) is 5. The summed E-state index contributed by atoms with van der Waals surface area (Å²) in [5.74, 6) is 0. The van der Waals surface area contributed by atoms with Gasteiger partial charge in [0.1, 0.15) is 0 Å². The highest BCUT2D eigenvalue weighted by molar-refractivity contribution is 7.26. The number of aromatic nitrogens is 1. The third-order valence-electron chi connectivity index (χ3n) is 15.7. The van der Waals surface area contributed by atoms with E-state index in [1.165, 1.54) is 102 Å². The maximum absolute atomic E-state index is 2.76. The molecule has 3 aromatic heterocycles. The Balaban J connectivity index is 1.12. The molecule has 0 N–H and O–H groups in total. The second-order valence-corrected chi connectivity index (χ2v) is 21.9. The summed E-state index contributed by atoms with van der Waals surface area (Å²) in [7, 11) is 0. The molecule has 1 unspecified atom stereocenters. The molecule has 3 aliphatic rings. The zero-order valence-corrected chi connectivity index (χ0v) is 42.7. The van der Waals surface area contributed by atoms with Crippen molar-refractivity contribution >= 4 is 149 Å². The van der Waals surface area contributed by atoms with Gasteiger partial charge in [-0.25, -0.2) is 0 Å². The topological polar surface area (TPSA) is 14.7 Å². The number of hydrogen-bond donors (Lipinski definition) is 0. The van der Waals surface area contributed by atoms with Gasteiger partial charge in [-0.1, -0.05) is 153 Å². The fourth-order valence-corrected chi connectivity index (χ4v) is 15.0. The number of rotatable bonds is 8. The number of allylic oxidation sites excluding steroid dienone is 3. The van der Waals surface area contributed by atoms with Crippen molar-refractivity contribution in [2.45, 2.75) is 32.7 Å². The lowest BCUT2D eigenvalue weighted by Crippen LogP contribution is -2.62. The van der Waals surface area contributed by atoms with Crippen LogP contribution in [0.25, 0.3) is 63.8 Å². The maximum atomic E-state index is 2.76. The summed E-state index contributed by atoms with van der Waals surface area (Å²) in [5.41, 5.74) is 18.4. The standard InChI is InChI=1S/C67H49BN4S2/c1-3-22-49-58(4-2)73-60-39-37-51-66(63(49)60)71(45-27-13-7-14-28-45)56-41-47(42-57-65(56)68(51)52-38-40-61-64(50-32-18-20-36-59(50)74-61)67(52)72(57)46-29-15-8-16-30-46)69(43-23-9-5-10-24-43)54-34-21-35-55-62(54)48-31-17-19-33-53(48)70(55)44-25-11-6-12-26-44/h3,5-27,29-42,45H,4,28H2,1-2H3/b22-3-. The lowest BCUT2D eigenvalue weighted by Gasteiger charge is -2.47. The van der Waals surface area contributed by atoms with Gasteiger partial charge in [0.15, 0.2) is 0 Å². The molecular formula is C67H49BN4S2. The monoisotopic (exact) mass is 984 g/mol. The molecule has 352 valence electrons. The summed E-state index contributed by atoms with van der Waals surface area (Å²) in [6, 6.07) is 72.8. The predicted molar refractivity (Wildman–Crippen MR) is 322 cm³/mol. The molecule has 4 nitrogen and oxygen atoms in total. The van der Waals surface area contributed by atoms with Crippen molar-refractivity contribution in [1.29, 1.82) is 0 Å². The van der Waals surface area contributed by atoms with Crippen LogP contribution in [0.1, 0.15) is 30.7 Å². The quantitative estimate of drug-likeness (QED) is 0.141. The Morgan fingerprint density at radius 3 is 2.01 bits per heavy atom. The number of nitrogens with zero attached hydrogens (tertiary/aromatic N) is 4. The summed E-state index contributed by atoms with van der Waals surface area (Å²) in [6.45, 7) is 4.43. The Kier molecular flexibility index (Phi) is 10.0. The third-order valence-corrected chi connectivity index (χ3v) is 18.1. The van der Waals surface area contributed by atoms with Crippen molar-refractivity contribution in [2.24, 2.45) is 0 Å². The number of benzene rings is 9. The van der Waals surface area contributed by atoms with E-state index in [1.807, 2.05) is 22.7 Å². The Labute approximate surface area is 439 Å². The molecule has 12 aromatic rings. The van der Waals surface area contributed by atoms with E-state index in [4.69, 9.17) is 0 Å². The molecule has 0 radical (unpaired) electrons. The molecule has 0 saturated carbocycles. The van der Waals surface area contributed by atoms with Crippen LogP contribution in [0.5, 0.6) is 0 Å². The molecule has 2 aliphatic heterocycles. The highest BCUT2D eigenvalue weighted by atomic mass is 32.1. The van der Waals surface area contributed by atoms with Crippen molar-refractivity contribution in [3.63, 3.8) is 0 Å². The number of anilines is 8.